The van der Waals surface area contributed by atoms with Crippen molar-refractivity contribution in [3.05, 3.63) is 101 Å². The maximum Gasteiger partial charge on any atom is 0.325 e. The molecule has 7 nitrogen and oxygen atoms in total. The van der Waals surface area contributed by atoms with E-state index in [-0.39, 0.29) is 6.54 Å². The molecule has 36 heavy (non-hydrogen) atoms. The largest absolute Gasteiger partial charge is 0.367 e. The number of carbonyl (C=O) groups is 3. The Morgan fingerprint density at radius 1 is 1.00 bits per heavy atom. The van der Waals surface area contributed by atoms with Crippen molar-refractivity contribution >= 4 is 23.5 Å². The van der Waals surface area contributed by atoms with Gasteiger partial charge in [-0.05, 0) is 53.8 Å². The summed E-state index contributed by atoms with van der Waals surface area (Å²) in [6, 6.07) is 21.2. The Labute approximate surface area is 208 Å². The molecule has 5 rings (SSSR count). The van der Waals surface area contributed by atoms with Gasteiger partial charge in [0.05, 0.1) is 0 Å². The smallest absolute Gasteiger partial charge is 0.325 e. The molecule has 2 N–H and O–H groups in total. The van der Waals surface area contributed by atoms with Crippen LogP contribution in [-0.2, 0) is 34.6 Å². The molecule has 3 aromatic rings. The maximum absolute atomic E-state index is 13.3. The van der Waals surface area contributed by atoms with Crippen LogP contribution in [0.1, 0.15) is 29.2 Å². The number of rotatable bonds is 7. The molecule has 2 aliphatic heterocycles. The van der Waals surface area contributed by atoms with E-state index in [0.717, 1.165) is 30.0 Å². The number of benzene rings is 3. The second-order valence-corrected chi connectivity index (χ2v) is 9.35. The molecule has 0 spiro atoms. The number of hydrogen-bond acceptors (Lipinski definition) is 4. The summed E-state index contributed by atoms with van der Waals surface area (Å²) < 4.78 is 13.3. The predicted molar refractivity (Wildman–Crippen MR) is 133 cm³/mol. The van der Waals surface area contributed by atoms with E-state index in [1.807, 2.05) is 24.3 Å². The highest BCUT2D eigenvalue weighted by atomic mass is 19.1. The van der Waals surface area contributed by atoms with Crippen LogP contribution in [0, 0.1) is 5.82 Å². The minimum Gasteiger partial charge on any atom is -0.367 e. The lowest BCUT2D eigenvalue weighted by Crippen LogP contribution is -2.43. The fourth-order valence-corrected chi connectivity index (χ4v) is 4.77. The van der Waals surface area contributed by atoms with Crippen molar-refractivity contribution in [1.82, 2.24) is 15.5 Å². The summed E-state index contributed by atoms with van der Waals surface area (Å²) >= 11 is 0. The van der Waals surface area contributed by atoms with E-state index in [1.165, 1.54) is 41.1 Å². The third-order valence-electron chi connectivity index (χ3n) is 6.87. The summed E-state index contributed by atoms with van der Waals surface area (Å²) in [5, 5.41) is 5.39. The van der Waals surface area contributed by atoms with Crippen molar-refractivity contribution in [2.45, 2.75) is 32.0 Å². The van der Waals surface area contributed by atoms with Crippen LogP contribution in [-0.4, -0.2) is 35.8 Å². The van der Waals surface area contributed by atoms with Gasteiger partial charge < -0.3 is 15.5 Å². The fourth-order valence-electron chi connectivity index (χ4n) is 4.77. The summed E-state index contributed by atoms with van der Waals surface area (Å²) in [7, 11) is 0. The molecule has 0 aromatic heterocycles. The van der Waals surface area contributed by atoms with Crippen LogP contribution in [0.25, 0.3) is 0 Å². The lowest BCUT2D eigenvalue weighted by Gasteiger charge is -2.22. The van der Waals surface area contributed by atoms with Crippen LogP contribution in [0.3, 0.4) is 0 Å². The van der Waals surface area contributed by atoms with Crippen LogP contribution in [0.5, 0.6) is 0 Å². The SMILES string of the molecule is CC1(c2ccc(F)cc2)NC(=O)N(CC(=O)NCc2ccc(CN3CCc4ccccc43)cc2)C1=O. The van der Waals surface area contributed by atoms with Crippen molar-refractivity contribution in [3.8, 4) is 0 Å². The molecule has 1 atom stereocenters. The normalized spacial score (nSPS) is 18.8. The number of para-hydroxylation sites is 1. The Hall–Kier alpha value is -4.20. The molecule has 0 aliphatic carbocycles. The van der Waals surface area contributed by atoms with Crippen LogP contribution in [0.4, 0.5) is 14.9 Å². The fraction of sp³-hybridized carbons (Fsp3) is 0.250. The Kier molecular flexibility index (Phi) is 6.18. The molecule has 3 aromatic carbocycles. The summed E-state index contributed by atoms with van der Waals surface area (Å²) in [5.41, 5.74) is 3.85. The van der Waals surface area contributed by atoms with Gasteiger partial charge in [0.2, 0.25) is 5.91 Å². The molecule has 0 radical (unpaired) electrons. The number of anilines is 1. The standard InChI is InChI=1S/C28H27FN4O3/c1-28(22-10-12-23(29)13-11-22)26(35)33(27(36)31-28)18-25(34)30-16-19-6-8-20(9-7-19)17-32-15-14-21-4-2-3-5-24(21)32/h2-13H,14-18H2,1H3,(H,30,34)(H,31,36). The summed E-state index contributed by atoms with van der Waals surface area (Å²) in [6.45, 7) is 3.25. The average Bonchev–Trinajstić information content (AvgIpc) is 3.38. The van der Waals surface area contributed by atoms with Gasteiger partial charge in [0.15, 0.2) is 0 Å². The third-order valence-corrected chi connectivity index (χ3v) is 6.87. The van der Waals surface area contributed by atoms with Crippen molar-refractivity contribution in [2.75, 3.05) is 18.0 Å². The van der Waals surface area contributed by atoms with E-state index >= 15 is 0 Å². The number of amides is 4. The van der Waals surface area contributed by atoms with Gasteiger partial charge in [-0.25, -0.2) is 9.18 Å². The molecule has 1 saturated heterocycles. The lowest BCUT2D eigenvalue weighted by atomic mass is 9.92. The van der Waals surface area contributed by atoms with Gasteiger partial charge in [0, 0.05) is 25.3 Å². The van der Waals surface area contributed by atoms with Gasteiger partial charge in [-0.15, -0.1) is 0 Å². The zero-order valence-electron chi connectivity index (χ0n) is 20.0. The van der Waals surface area contributed by atoms with Crippen molar-refractivity contribution in [3.63, 3.8) is 0 Å². The van der Waals surface area contributed by atoms with Gasteiger partial charge in [0.25, 0.3) is 5.91 Å². The Balaban J connectivity index is 1.15. The van der Waals surface area contributed by atoms with Crippen molar-refractivity contribution in [2.24, 2.45) is 0 Å². The minimum absolute atomic E-state index is 0.282. The number of carbonyl (C=O) groups excluding carboxylic acids is 3. The average molecular weight is 487 g/mol. The molecule has 184 valence electrons. The number of urea groups is 1. The molecule has 4 amide bonds. The highest BCUT2D eigenvalue weighted by Crippen LogP contribution is 2.30. The Morgan fingerprint density at radius 2 is 1.69 bits per heavy atom. The number of imide groups is 1. The van der Waals surface area contributed by atoms with Gasteiger partial charge in [-0.3, -0.25) is 14.5 Å². The van der Waals surface area contributed by atoms with Crippen LogP contribution in [0.2, 0.25) is 0 Å². The van der Waals surface area contributed by atoms with Gasteiger partial charge >= 0.3 is 6.03 Å². The molecular weight excluding hydrogens is 459 g/mol. The first kappa shape index (κ1) is 23.5. The Bertz CT molecular complexity index is 1310. The molecule has 0 saturated carbocycles. The highest BCUT2D eigenvalue weighted by Gasteiger charge is 2.49. The number of hydrogen-bond donors (Lipinski definition) is 2. The zero-order valence-corrected chi connectivity index (χ0v) is 20.0. The maximum atomic E-state index is 13.3. The minimum atomic E-state index is -1.35. The first-order valence-corrected chi connectivity index (χ1v) is 11.9. The second kappa shape index (κ2) is 9.45. The van der Waals surface area contributed by atoms with E-state index in [0.29, 0.717) is 5.56 Å². The molecule has 1 fully saturated rings. The third kappa shape index (κ3) is 4.54. The number of fused-ring (bicyclic) bond motifs is 1. The quantitative estimate of drug-likeness (QED) is 0.501. The van der Waals surface area contributed by atoms with Crippen LogP contribution < -0.4 is 15.5 Å². The first-order chi connectivity index (χ1) is 17.3. The van der Waals surface area contributed by atoms with Gasteiger partial charge in [0.1, 0.15) is 17.9 Å². The zero-order chi connectivity index (χ0) is 25.3. The molecule has 2 heterocycles. The predicted octanol–water partition coefficient (Wildman–Crippen LogP) is 3.47. The molecule has 8 heteroatoms. The van der Waals surface area contributed by atoms with Crippen LogP contribution in [0.15, 0.2) is 72.8 Å². The lowest BCUT2D eigenvalue weighted by molar-refractivity contribution is -0.134. The number of nitrogens with zero attached hydrogens (tertiary/aromatic N) is 2. The van der Waals surface area contributed by atoms with Crippen molar-refractivity contribution in [1.29, 1.82) is 0 Å². The molecular formula is C28H27FN4O3. The number of halogens is 1. The first-order valence-electron chi connectivity index (χ1n) is 11.9. The van der Waals surface area contributed by atoms with E-state index in [1.54, 1.807) is 6.92 Å². The molecule has 0 bridgehead atoms. The van der Waals surface area contributed by atoms with Gasteiger partial charge in [-0.2, -0.15) is 0 Å². The van der Waals surface area contributed by atoms with Crippen molar-refractivity contribution < 1.29 is 18.8 Å². The number of nitrogens with one attached hydrogen (secondary N) is 2. The molecule has 2 aliphatic rings. The molecule has 1 unspecified atom stereocenters. The van der Waals surface area contributed by atoms with E-state index in [9.17, 15) is 18.8 Å². The summed E-state index contributed by atoms with van der Waals surface area (Å²) in [4.78, 5) is 41.2. The highest BCUT2D eigenvalue weighted by molar-refractivity contribution is 6.09. The van der Waals surface area contributed by atoms with Crippen LogP contribution >= 0.6 is 0 Å². The van der Waals surface area contributed by atoms with E-state index in [4.69, 9.17) is 0 Å². The van der Waals surface area contributed by atoms with Gasteiger partial charge in [-0.1, -0.05) is 54.6 Å². The summed E-state index contributed by atoms with van der Waals surface area (Å²) in [6.07, 6.45) is 1.06. The van der Waals surface area contributed by atoms with E-state index in [2.05, 4.69) is 39.8 Å². The monoisotopic (exact) mass is 486 g/mol. The summed E-state index contributed by atoms with van der Waals surface area (Å²) in [5.74, 6) is -1.44. The van der Waals surface area contributed by atoms with E-state index < -0.39 is 35.7 Å². The second-order valence-electron chi connectivity index (χ2n) is 9.35. The Morgan fingerprint density at radius 3 is 2.44 bits per heavy atom. The topological polar surface area (TPSA) is 81.8 Å².